The van der Waals surface area contributed by atoms with Crippen molar-refractivity contribution < 1.29 is 5.11 Å². The predicted octanol–water partition coefficient (Wildman–Crippen LogP) is 2.53. The van der Waals surface area contributed by atoms with Crippen molar-refractivity contribution in [2.24, 2.45) is 0 Å². The maximum atomic E-state index is 11.0. The third-order valence-electron chi connectivity index (χ3n) is 5.92. The smallest absolute Gasteiger partial charge is 0.0870 e. The van der Waals surface area contributed by atoms with Crippen LogP contribution in [0.3, 0.4) is 0 Å². The third-order valence-corrected chi connectivity index (χ3v) is 5.92. The van der Waals surface area contributed by atoms with Crippen LogP contribution < -0.4 is 0 Å². The Bertz CT molecular complexity index is 494. The molecule has 1 aromatic heterocycles. The van der Waals surface area contributed by atoms with Gasteiger partial charge in [-0.05, 0) is 44.7 Å². The van der Waals surface area contributed by atoms with Gasteiger partial charge in [0, 0.05) is 25.2 Å². The lowest BCUT2D eigenvalue weighted by Crippen LogP contribution is -2.43. The van der Waals surface area contributed by atoms with Crippen molar-refractivity contribution in [3.05, 3.63) is 18.0 Å². The van der Waals surface area contributed by atoms with Crippen LogP contribution >= 0.6 is 0 Å². The third kappa shape index (κ3) is 2.53. The fourth-order valence-electron chi connectivity index (χ4n) is 4.75. The molecule has 0 spiro atoms. The van der Waals surface area contributed by atoms with E-state index in [1.807, 2.05) is 0 Å². The van der Waals surface area contributed by atoms with Gasteiger partial charge in [0.05, 0.1) is 17.3 Å². The molecule has 3 heterocycles. The number of fused-ring (bicyclic) bond motifs is 1. The summed E-state index contributed by atoms with van der Waals surface area (Å²) >= 11 is 0. The minimum atomic E-state index is -0.539. The molecule has 21 heavy (non-hydrogen) atoms. The first-order valence-electron chi connectivity index (χ1n) is 8.75. The molecule has 3 aliphatic rings. The van der Waals surface area contributed by atoms with E-state index in [1.165, 1.54) is 45.1 Å². The Balaban J connectivity index is 1.46. The van der Waals surface area contributed by atoms with Crippen molar-refractivity contribution in [2.75, 3.05) is 13.1 Å². The fourth-order valence-corrected chi connectivity index (χ4v) is 4.75. The molecule has 0 aromatic carbocycles. The summed E-state index contributed by atoms with van der Waals surface area (Å²) in [5, 5.41) is 15.8. The van der Waals surface area contributed by atoms with Gasteiger partial charge in [-0.2, -0.15) is 5.10 Å². The summed E-state index contributed by atoms with van der Waals surface area (Å²) in [4.78, 5) is 2.47. The maximum Gasteiger partial charge on any atom is 0.0870 e. The van der Waals surface area contributed by atoms with Gasteiger partial charge in [-0.3, -0.25) is 9.58 Å². The molecule has 2 aliphatic heterocycles. The zero-order valence-corrected chi connectivity index (χ0v) is 12.9. The van der Waals surface area contributed by atoms with Crippen molar-refractivity contribution >= 4 is 0 Å². The highest BCUT2D eigenvalue weighted by Crippen LogP contribution is 2.38. The summed E-state index contributed by atoms with van der Waals surface area (Å²) in [7, 11) is 0. The van der Waals surface area contributed by atoms with E-state index in [1.54, 1.807) is 0 Å². The van der Waals surface area contributed by atoms with Crippen LogP contribution in [0.2, 0.25) is 0 Å². The van der Waals surface area contributed by atoms with Gasteiger partial charge in [0.15, 0.2) is 0 Å². The average Bonchev–Trinajstić information content (AvgIpc) is 3.20. The topological polar surface area (TPSA) is 41.3 Å². The Morgan fingerprint density at radius 2 is 2.00 bits per heavy atom. The van der Waals surface area contributed by atoms with E-state index in [0.29, 0.717) is 12.1 Å². The van der Waals surface area contributed by atoms with Crippen LogP contribution in [-0.4, -0.2) is 44.5 Å². The molecular weight excluding hydrogens is 262 g/mol. The summed E-state index contributed by atoms with van der Waals surface area (Å²) in [6.07, 6.45) is 12.7. The SMILES string of the molecule is OC1(Cc2ccn(C3CCCCC3)n2)CCN2CCCC21. The van der Waals surface area contributed by atoms with Crippen LogP contribution in [-0.2, 0) is 6.42 Å². The Hall–Kier alpha value is -0.870. The first-order chi connectivity index (χ1) is 10.2. The van der Waals surface area contributed by atoms with Gasteiger partial charge in [-0.1, -0.05) is 19.3 Å². The Labute approximate surface area is 127 Å². The summed E-state index contributed by atoms with van der Waals surface area (Å²) in [5.41, 5.74) is 0.541. The molecule has 2 saturated heterocycles. The van der Waals surface area contributed by atoms with Gasteiger partial charge >= 0.3 is 0 Å². The van der Waals surface area contributed by atoms with Crippen molar-refractivity contribution in [3.8, 4) is 0 Å². The van der Waals surface area contributed by atoms with E-state index in [2.05, 4.69) is 21.8 Å². The molecule has 1 saturated carbocycles. The minimum Gasteiger partial charge on any atom is -0.388 e. The van der Waals surface area contributed by atoms with Gasteiger partial charge in [0.25, 0.3) is 0 Å². The molecule has 116 valence electrons. The van der Waals surface area contributed by atoms with Crippen LogP contribution in [0.4, 0.5) is 0 Å². The molecule has 2 atom stereocenters. The van der Waals surface area contributed by atoms with E-state index in [-0.39, 0.29) is 0 Å². The lowest BCUT2D eigenvalue weighted by atomic mass is 9.88. The molecule has 1 N–H and O–H groups in total. The fraction of sp³-hybridized carbons (Fsp3) is 0.824. The van der Waals surface area contributed by atoms with Crippen LogP contribution in [0.15, 0.2) is 12.3 Å². The van der Waals surface area contributed by atoms with E-state index in [9.17, 15) is 5.11 Å². The van der Waals surface area contributed by atoms with Crippen LogP contribution in [0, 0.1) is 0 Å². The van der Waals surface area contributed by atoms with Crippen molar-refractivity contribution in [1.82, 2.24) is 14.7 Å². The summed E-state index contributed by atoms with van der Waals surface area (Å²) in [5.74, 6) is 0. The molecular formula is C17H27N3O. The standard InChI is InChI=1S/C17H27N3O/c21-17(9-12-19-10-4-7-16(17)19)13-14-8-11-20(18-14)15-5-2-1-3-6-15/h8,11,15-16,21H,1-7,9-10,12-13H2. The van der Waals surface area contributed by atoms with Gasteiger partial charge in [-0.15, -0.1) is 0 Å². The molecule has 4 nitrogen and oxygen atoms in total. The molecule has 0 amide bonds. The normalized spacial score (nSPS) is 34.4. The molecule has 3 fully saturated rings. The quantitative estimate of drug-likeness (QED) is 0.929. The Morgan fingerprint density at radius 1 is 1.14 bits per heavy atom. The molecule has 1 aromatic rings. The van der Waals surface area contributed by atoms with Crippen molar-refractivity contribution in [3.63, 3.8) is 0 Å². The van der Waals surface area contributed by atoms with Crippen molar-refractivity contribution in [2.45, 2.75) is 75.5 Å². The van der Waals surface area contributed by atoms with E-state index < -0.39 is 5.60 Å². The highest BCUT2D eigenvalue weighted by atomic mass is 16.3. The number of hydrogen-bond acceptors (Lipinski definition) is 3. The lowest BCUT2D eigenvalue weighted by Gasteiger charge is -2.29. The molecule has 0 radical (unpaired) electrons. The van der Waals surface area contributed by atoms with Gasteiger partial charge in [-0.25, -0.2) is 0 Å². The number of rotatable bonds is 3. The average molecular weight is 289 g/mol. The Morgan fingerprint density at radius 3 is 2.86 bits per heavy atom. The number of hydrogen-bond donors (Lipinski definition) is 1. The lowest BCUT2D eigenvalue weighted by molar-refractivity contribution is 0.0131. The molecule has 1 aliphatic carbocycles. The van der Waals surface area contributed by atoms with Crippen LogP contribution in [0.25, 0.3) is 0 Å². The van der Waals surface area contributed by atoms with Gasteiger partial charge in [0.2, 0.25) is 0 Å². The molecule has 4 heteroatoms. The zero-order valence-electron chi connectivity index (χ0n) is 12.9. The predicted molar refractivity (Wildman–Crippen MR) is 82.2 cm³/mol. The van der Waals surface area contributed by atoms with E-state index in [0.717, 1.165) is 31.5 Å². The van der Waals surface area contributed by atoms with E-state index in [4.69, 9.17) is 5.10 Å². The molecule has 0 bridgehead atoms. The first kappa shape index (κ1) is 13.8. The van der Waals surface area contributed by atoms with Crippen molar-refractivity contribution in [1.29, 1.82) is 0 Å². The largest absolute Gasteiger partial charge is 0.388 e. The monoisotopic (exact) mass is 289 g/mol. The van der Waals surface area contributed by atoms with Gasteiger partial charge < -0.3 is 5.11 Å². The van der Waals surface area contributed by atoms with Crippen LogP contribution in [0.5, 0.6) is 0 Å². The second-order valence-electron chi connectivity index (χ2n) is 7.30. The second-order valence-corrected chi connectivity index (χ2v) is 7.30. The van der Waals surface area contributed by atoms with Crippen LogP contribution in [0.1, 0.15) is 63.1 Å². The highest BCUT2D eigenvalue weighted by Gasteiger charge is 2.48. The summed E-state index contributed by atoms with van der Waals surface area (Å²) in [6.45, 7) is 2.23. The molecule has 2 unspecified atom stereocenters. The number of aromatic nitrogens is 2. The number of nitrogens with zero attached hydrogens (tertiary/aromatic N) is 3. The maximum absolute atomic E-state index is 11.0. The highest BCUT2D eigenvalue weighted by molar-refractivity contribution is 5.11. The minimum absolute atomic E-state index is 0.373. The number of aliphatic hydroxyl groups is 1. The van der Waals surface area contributed by atoms with E-state index >= 15 is 0 Å². The Kier molecular flexibility index (Phi) is 3.54. The first-order valence-corrected chi connectivity index (χ1v) is 8.75. The zero-order chi connectivity index (χ0) is 14.3. The summed E-state index contributed by atoms with van der Waals surface area (Å²) in [6, 6.07) is 3.09. The van der Waals surface area contributed by atoms with Gasteiger partial charge in [0.1, 0.15) is 0 Å². The molecule has 4 rings (SSSR count). The second kappa shape index (κ2) is 5.40. The summed E-state index contributed by atoms with van der Waals surface area (Å²) < 4.78 is 2.17.